The molecule has 0 saturated carbocycles. The third kappa shape index (κ3) is 4.62. The molecule has 1 aromatic heterocycles. The van der Waals surface area contributed by atoms with Crippen LogP contribution in [0.1, 0.15) is 12.7 Å². The Morgan fingerprint density at radius 3 is 2.64 bits per heavy atom. The van der Waals surface area contributed by atoms with Gasteiger partial charge in [0.25, 0.3) is 15.6 Å². The standard InChI is InChI=1S/C23H19BrClN3O4S/c1-3-32-21-11-8-15(24)12-22(21)33(30,31)27-20-13-16(9-10-18(20)25)28-14(2)26-19-7-5-4-6-17(19)23(28)29/h4-13,27H,3H2,1-2H3. The fourth-order valence-electron chi connectivity index (χ4n) is 3.44. The van der Waals surface area contributed by atoms with E-state index >= 15 is 0 Å². The monoisotopic (exact) mass is 547 g/mol. The van der Waals surface area contributed by atoms with Crippen LogP contribution in [0.25, 0.3) is 16.6 Å². The summed E-state index contributed by atoms with van der Waals surface area (Å²) in [5.74, 6) is 0.673. The van der Waals surface area contributed by atoms with E-state index in [4.69, 9.17) is 16.3 Å². The smallest absolute Gasteiger partial charge is 0.265 e. The first-order chi connectivity index (χ1) is 15.7. The number of aryl methyl sites for hydroxylation is 1. The van der Waals surface area contributed by atoms with Crippen LogP contribution in [0.5, 0.6) is 5.75 Å². The van der Waals surface area contributed by atoms with E-state index in [0.717, 1.165) is 0 Å². The Balaban J connectivity index is 1.81. The average Bonchev–Trinajstić information content (AvgIpc) is 2.77. The minimum absolute atomic E-state index is 0.0408. The van der Waals surface area contributed by atoms with E-state index in [1.165, 1.54) is 22.8 Å². The molecule has 0 bridgehead atoms. The molecule has 0 radical (unpaired) electrons. The summed E-state index contributed by atoms with van der Waals surface area (Å²) < 4.78 is 36.4. The van der Waals surface area contributed by atoms with Crippen molar-refractivity contribution in [1.82, 2.24) is 9.55 Å². The van der Waals surface area contributed by atoms with Gasteiger partial charge in [0.2, 0.25) is 0 Å². The van der Waals surface area contributed by atoms with Gasteiger partial charge in [0.1, 0.15) is 16.5 Å². The van der Waals surface area contributed by atoms with Crippen molar-refractivity contribution in [3.8, 4) is 11.4 Å². The van der Waals surface area contributed by atoms with Crippen molar-refractivity contribution < 1.29 is 13.2 Å². The van der Waals surface area contributed by atoms with Crippen LogP contribution >= 0.6 is 27.5 Å². The molecule has 0 aliphatic carbocycles. The summed E-state index contributed by atoms with van der Waals surface area (Å²) in [7, 11) is -4.06. The molecule has 10 heteroatoms. The summed E-state index contributed by atoms with van der Waals surface area (Å²) in [6.45, 7) is 3.78. The molecule has 4 aromatic rings. The van der Waals surface area contributed by atoms with Gasteiger partial charge in [0.15, 0.2) is 0 Å². The largest absolute Gasteiger partial charge is 0.492 e. The van der Waals surface area contributed by atoms with Gasteiger partial charge in [-0.1, -0.05) is 39.7 Å². The van der Waals surface area contributed by atoms with Crippen molar-refractivity contribution in [3.05, 3.63) is 86.3 Å². The van der Waals surface area contributed by atoms with Crippen molar-refractivity contribution in [1.29, 1.82) is 0 Å². The van der Waals surface area contributed by atoms with Crippen LogP contribution in [0.15, 0.2) is 74.8 Å². The Morgan fingerprint density at radius 2 is 1.88 bits per heavy atom. The number of halogens is 2. The fourth-order valence-corrected chi connectivity index (χ4v) is 5.42. The number of aromatic nitrogens is 2. The molecule has 0 atom stereocenters. The molecule has 3 aromatic carbocycles. The Bertz CT molecular complexity index is 1540. The minimum atomic E-state index is -4.06. The van der Waals surface area contributed by atoms with Crippen molar-refractivity contribution in [2.75, 3.05) is 11.3 Å². The zero-order valence-electron chi connectivity index (χ0n) is 17.7. The molecular weight excluding hydrogens is 530 g/mol. The maximum absolute atomic E-state index is 13.2. The third-order valence-corrected chi connectivity index (χ3v) is 7.10. The molecule has 1 heterocycles. The summed E-state index contributed by atoms with van der Waals surface area (Å²) >= 11 is 9.61. The molecule has 0 aliphatic heterocycles. The third-order valence-electron chi connectivity index (χ3n) is 4.89. The lowest BCUT2D eigenvalue weighted by Crippen LogP contribution is -2.22. The molecule has 0 fully saturated rings. The van der Waals surface area contributed by atoms with E-state index < -0.39 is 10.0 Å². The van der Waals surface area contributed by atoms with Gasteiger partial charge in [-0.05, 0) is 62.4 Å². The highest BCUT2D eigenvalue weighted by Crippen LogP contribution is 2.32. The Kier molecular flexibility index (Phi) is 6.47. The number of hydrogen-bond donors (Lipinski definition) is 1. The second-order valence-electron chi connectivity index (χ2n) is 7.11. The highest BCUT2D eigenvalue weighted by atomic mass is 79.9. The topological polar surface area (TPSA) is 90.3 Å². The van der Waals surface area contributed by atoms with Crippen LogP contribution in [0.3, 0.4) is 0 Å². The number of fused-ring (bicyclic) bond motifs is 1. The second kappa shape index (κ2) is 9.17. The summed E-state index contributed by atoms with van der Waals surface area (Å²) in [5.41, 5.74) is 0.872. The van der Waals surface area contributed by atoms with Crippen LogP contribution in [-0.4, -0.2) is 24.6 Å². The fraction of sp³-hybridized carbons (Fsp3) is 0.130. The molecule has 7 nitrogen and oxygen atoms in total. The lowest BCUT2D eigenvalue weighted by atomic mass is 10.2. The molecule has 0 amide bonds. The summed E-state index contributed by atoms with van der Waals surface area (Å²) in [6, 6.07) is 16.4. The van der Waals surface area contributed by atoms with Gasteiger partial charge in [0.05, 0.1) is 33.9 Å². The molecule has 0 aliphatic rings. The van der Waals surface area contributed by atoms with Crippen LogP contribution in [0.4, 0.5) is 5.69 Å². The van der Waals surface area contributed by atoms with E-state index in [2.05, 4.69) is 25.6 Å². The van der Waals surface area contributed by atoms with Gasteiger partial charge >= 0.3 is 0 Å². The second-order valence-corrected chi connectivity index (χ2v) is 10.1. The number of rotatable bonds is 6. The van der Waals surface area contributed by atoms with Crippen molar-refractivity contribution in [2.24, 2.45) is 0 Å². The van der Waals surface area contributed by atoms with Crippen LogP contribution in [0.2, 0.25) is 5.02 Å². The predicted molar refractivity (Wildman–Crippen MR) is 133 cm³/mol. The zero-order chi connectivity index (χ0) is 23.8. The highest BCUT2D eigenvalue weighted by Gasteiger charge is 2.22. The van der Waals surface area contributed by atoms with E-state index in [1.807, 2.05) is 6.07 Å². The zero-order valence-corrected chi connectivity index (χ0v) is 20.8. The average molecular weight is 549 g/mol. The van der Waals surface area contributed by atoms with Crippen molar-refractivity contribution in [3.63, 3.8) is 0 Å². The highest BCUT2D eigenvalue weighted by molar-refractivity contribution is 9.10. The first-order valence-corrected chi connectivity index (χ1v) is 12.6. The number of benzene rings is 3. The number of nitrogens with zero attached hydrogens (tertiary/aromatic N) is 2. The lowest BCUT2D eigenvalue weighted by Gasteiger charge is -2.16. The Labute approximate surface area is 204 Å². The normalized spacial score (nSPS) is 11.5. The SMILES string of the molecule is CCOc1ccc(Br)cc1S(=O)(=O)Nc1cc(-n2c(C)nc3ccccc3c2=O)ccc1Cl. The Hall–Kier alpha value is -2.88. The van der Waals surface area contributed by atoms with E-state index in [1.54, 1.807) is 50.2 Å². The van der Waals surface area contributed by atoms with Gasteiger partial charge in [0, 0.05) is 4.47 Å². The van der Waals surface area contributed by atoms with Gasteiger partial charge in [-0.25, -0.2) is 13.4 Å². The number of para-hydroxylation sites is 1. The quantitative estimate of drug-likeness (QED) is 0.353. The maximum Gasteiger partial charge on any atom is 0.265 e. The molecule has 0 saturated heterocycles. The number of nitrogens with one attached hydrogen (secondary N) is 1. The van der Waals surface area contributed by atoms with Gasteiger partial charge in [-0.2, -0.15) is 0 Å². The van der Waals surface area contributed by atoms with Gasteiger partial charge < -0.3 is 4.74 Å². The molecule has 170 valence electrons. The summed E-state index contributed by atoms with van der Waals surface area (Å²) in [6.07, 6.45) is 0. The maximum atomic E-state index is 13.2. The minimum Gasteiger partial charge on any atom is -0.492 e. The predicted octanol–water partition coefficient (Wildman–Crippen LogP) is 5.31. The van der Waals surface area contributed by atoms with Crippen LogP contribution in [0, 0.1) is 6.92 Å². The number of hydrogen-bond acceptors (Lipinski definition) is 5. The Morgan fingerprint density at radius 1 is 1.12 bits per heavy atom. The van der Waals surface area contributed by atoms with Gasteiger partial charge in [-0.15, -0.1) is 0 Å². The van der Waals surface area contributed by atoms with Crippen LogP contribution in [-0.2, 0) is 10.0 Å². The van der Waals surface area contributed by atoms with Crippen molar-refractivity contribution >= 4 is 54.1 Å². The summed E-state index contributed by atoms with van der Waals surface area (Å²) in [4.78, 5) is 17.6. The molecule has 33 heavy (non-hydrogen) atoms. The van der Waals surface area contributed by atoms with E-state index in [0.29, 0.717) is 33.5 Å². The molecule has 0 unspecified atom stereocenters. The number of anilines is 1. The van der Waals surface area contributed by atoms with E-state index in [-0.39, 0.29) is 26.9 Å². The molecule has 1 N–H and O–H groups in total. The van der Waals surface area contributed by atoms with E-state index in [9.17, 15) is 13.2 Å². The summed E-state index contributed by atoms with van der Waals surface area (Å²) in [5, 5.41) is 0.630. The molecular formula is C23H19BrClN3O4S. The van der Waals surface area contributed by atoms with Crippen LogP contribution < -0.4 is 15.0 Å². The van der Waals surface area contributed by atoms with Gasteiger partial charge in [-0.3, -0.25) is 14.1 Å². The lowest BCUT2D eigenvalue weighted by molar-refractivity contribution is 0.331. The number of sulfonamides is 1. The molecule has 4 rings (SSSR count). The molecule has 0 spiro atoms. The first-order valence-electron chi connectivity index (χ1n) is 9.95. The number of ether oxygens (including phenoxy) is 1. The first kappa shape index (κ1) is 23.3. The van der Waals surface area contributed by atoms with Crippen molar-refractivity contribution in [2.45, 2.75) is 18.7 Å².